The van der Waals surface area contributed by atoms with Crippen molar-refractivity contribution in [2.24, 2.45) is 0 Å². The van der Waals surface area contributed by atoms with Crippen molar-refractivity contribution in [3.8, 4) is 11.3 Å². The number of aryl methyl sites for hydroxylation is 1. The zero-order valence-electron chi connectivity index (χ0n) is 10.1. The molecule has 0 saturated carbocycles. The van der Waals surface area contributed by atoms with Crippen molar-refractivity contribution in [3.63, 3.8) is 0 Å². The first-order valence-electron chi connectivity index (χ1n) is 5.64. The lowest BCUT2D eigenvalue weighted by atomic mass is 9.95. The van der Waals surface area contributed by atoms with Gasteiger partial charge in [-0.3, -0.25) is 0 Å². The monoisotopic (exact) mass is 235 g/mol. The molecule has 1 aromatic carbocycles. The minimum absolute atomic E-state index is 0.142. The zero-order chi connectivity index (χ0) is 12.6. The van der Waals surface area contributed by atoms with Crippen LogP contribution >= 0.6 is 0 Å². The van der Waals surface area contributed by atoms with Crippen molar-refractivity contribution in [1.82, 2.24) is 4.98 Å². The predicted octanol–water partition coefficient (Wildman–Crippen LogP) is 4.39. The van der Waals surface area contributed by atoms with Crippen LogP contribution in [0.2, 0.25) is 0 Å². The van der Waals surface area contributed by atoms with Crippen LogP contribution in [-0.4, -0.2) is 4.98 Å². The van der Waals surface area contributed by atoms with E-state index in [1.54, 1.807) is 0 Å². The minimum Gasteiger partial charge on any atom is -0.359 e. The molecule has 0 aliphatic carbocycles. The highest BCUT2D eigenvalue weighted by Crippen LogP contribution is 2.30. The molecule has 0 fully saturated rings. The lowest BCUT2D eigenvalue weighted by Gasteiger charge is -2.12. The molecule has 2 rings (SSSR count). The van der Waals surface area contributed by atoms with Gasteiger partial charge in [0.2, 0.25) is 0 Å². The number of rotatable bonds is 2. The Morgan fingerprint density at radius 2 is 1.71 bits per heavy atom. The Balaban J connectivity index is 2.63. The molecule has 1 aromatic heterocycles. The van der Waals surface area contributed by atoms with E-state index in [1.807, 2.05) is 32.9 Å². The van der Waals surface area contributed by atoms with Crippen molar-refractivity contribution in [3.05, 3.63) is 47.2 Å². The Hall–Kier alpha value is -1.64. The van der Waals surface area contributed by atoms with Gasteiger partial charge in [0.15, 0.2) is 11.6 Å². The van der Waals surface area contributed by atoms with Gasteiger partial charge in [-0.2, -0.15) is 0 Å². The molecule has 0 atom stereocenters. The number of hydrogen-bond donors (Lipinski definition) is 1. The van der Waals surface area contributed by atoms with E-state index in [2.05, 4.69) is 4.98 Å². The molecule has 0 aliphatic heterocycles. The van der Waals surface area contributed by atoms with Crippen LogP contribution in [0.15, 0.2) is 24.3 Å². The normalized spacial score (nSPS) is 11.2. The van der Waals surface area contributed by atoms with Crippen molar-refractivity contribution >= 4 is 0 Å². The molecular formula is C14H15F2N. The quantitative estimate of drug-likeness (QED) is 0.794. The lowest BCUT2D eigenvalue weighted by molar-refractivity contribution is 0.506. The van der Waals surface area contributed by atoms with Gasteiger partial charge in [-0.1, -0.05) is 13.8 Å². The van der Waals surface area contributed by atoms with Crippen LogP contribution in [0.3, 0.4) is 0 Å². The molecule has 0 radical (unpaired) electrons. The zero-order valence-corrected chi connectivity index (χ0v) is 10.1. The smallest absolute Gasteiger partial charge is 0.159 e. The first-order valence-corrected chi connectivity index (χ1v) is 5.64. The largest absolute Gasteiger partial charge is 0.359 e. The van der Waals surface area contributed by atoms with E-state index in [-0.39, 0.29) is 5.92 Å². The van der Waals surface area contributed by atoms with Crippen LogP contribution in [0.4, 0.5) is 8.78 Å². The van der Waals surface area contributed by atoms with Crippen LogP contribution in [-0.2, 0) is 0 Å². The molecule has 90 valence electrons. The van der Waals surface area contributed by atoms with E-state index in [9.17, 15) is 8.78 Å². The maximum Gasteiger partial charge on any atom is 0.159 e. The lowest BCUT2D eigenvalue weighted by Crippen LogP contribution is -1.97. The summed E-state index contributed by atoms with van der Waals surface area (Å²) < 4.78 is 26.6. The van der Waals surface area contributed by atoms with Gasteiger partial charge in [0.1, 0.15) is 0 Å². The van der Waals surface area contributed by atoms with Crippen molar-refractivity contribution in [2.75, 3.05) is 0 Å². The van der Waals surface area contributed by atoms with Crippen LogP contribution in [0.25, 0.3) is 11.3 Å². The van der Waals surface area contributed by atoms with Gasteiger partial charge in [0.25, 0.3) is 0 Å². The molecule has 1 nitrogen and oxygen atoms in total. The Morgan fingerprint density at radius 1 is 1.06 bits per heavy atom. The predicted molar refractivity (Wildman–Crippen MR) is 65.0 cm³/mol. The van der Waals surface area contributed by atoms with Crippen LogP contribution < -0.4 is 0 Å². The van der Waals surface area contributed by atoms with Gasteiger partial charge in [-0.05, 0) is 42.7 Å². The standard InChI is InChI=1S/C14H15F2N/c1-8(2)10-6-12(15)13(16)7-11(10)14-5-4-9(3)17-14/h4-8,17H,1-3H3. The fourth-order valence-corrected chi connectivity index (χ4v) is 1.93. The number of nitrogens with one attached hydrogen (secondary N) is 1. The maximum absolute atomic E-state index is 13.3. The summed E-state index contributed by atoms with van der Waals surface area (Å²) in [6.07, 6.45) is 0. The van der Waals surface area contributed by atoms with E-state index in [1.165, 1.54) is 12.1 Å². The van der Waals surface area contributed by atoms with E-state index in [0.29, 0.717) is 0 Å². The van der Waals surface area contributed by atoms with Crippen LogP contribution in [0, 0.1) is 18.6 Å². The summed E-state index contributed by atoms with van der Waals surface area (Å²) >= 11 is 0. The summed E-state index contributed by atoms with van der Waals surface area (Å²) in [5.41, 5.74) is 3.36. The number of benzene rings is 1. The highest BCUT2D eigenvalue weighted by molar-refractivity contribution is 5.65. The number of aromatic amines is 1. The summed E-state index contributed by atoms with van der Waals surface area (Å²) in [6, 6.07) is 6.34. The fourth-order valence-electron chi connectivity index (χ4n) is 1.93. The molecule has 2 aromatic rings. The summed E-state index contributed by atoms with van der Waals surface area (Å²) in [6.45, 7) is 5.86. The Kier molecular flexibility index (Phi) is 3.01. The van der Waals surface area contributed by atoms with Crippen molar-refractivity contribution in [2.45, 2.75) is 26.7 Å². The molecule has 0 bridgehead atoms. The first kappa shape index (κ1) is 11.8. The van der Waals surface area contributed by atoms with Gasteiger partial charge in [-0.25, -0.2) is 8.78 Å². The number of H-pyrrole nitrogens is 1. The highest BCUT2D eigenvalue weighted by Gasteiger charge is 2.14. The Labute approximate surface area is 99.5 Å². The molecular weight excluding hydrogens is 220 g/mol. The molecule has 1 N–H and O–H groups in total. The van der Waals surface area contributed by atoms with E-state index in [4.69, 9.17) is 0 Å². The highest BCUT2D eigenvalue weighted by atomic mass is 19.2. The second-order valence-electron chi connectivity index (χ2n) is 4.56. The van der Waals surface area contributed by atoms with Gasteiger partial charge in [0, 0.05) is 17.0 Å². The topological polar surface area (TPSA) is 15.8 Å². The summed E-state index contributed by atoms with van der Waals surface area (Å²) in [5, 5.41) is 0. The van der Waals surface area contributed by atoms with Crippen molar-refractivity contribution < 1.29 is 8.78 Å². The van der Waals surface area contributed by atoms with Gasteiger partial charge < -0.3 is 4.98 Å². The van der Waals surface area contributed by atoms with Gasteiger partial charge >= 0.3 is 0 Å². The average Bonchev–Trinajstić information content (AvgIpc) is 2.68. The first-order chi connectivity index (χ1) is 7.99. The van der Waals surface area contributed by atoms with E-state index < -0.39 is 11.6 Å². The van der Waals surface area contributed by atoms with Gasteiger partial charge in [-0.15, -0.1) is 0 Å². The molecule has 3 heteroatoms. The molecule has 0 saturated heterocycles. The third-order valence-corrected chi connectivity index (χ3v) is 2.84. The fraction of sp³-hybridized carbons (Fsp3) is 0.286. The van der Waals surface area contributed by atoms with Crippen molar-refractivity contribution in [1.29, 1.82) is 0 Å². The summed E-state index contributed by atoms with van der Waals surface area (Å²) in [4.78, 5) is 3.15. The van der Waals surface area contributed by atoms with Gasteiger partial charge in [0.05, 0.1) is 0 Å². The average molecular weight is 235 g/mol. The molecule has 17 heavy (non-hydrogen) atoms. The molecule has 1 heterocycles. The second kappa shape index (κ2) is 4.32. The third-order valence-electron chi connectivity index (χ3n) is 2.84. The molecule has 0 unspecified atom stereocenters. The molecule has 0 amide bonds. The summed E-state index contributed by atoms with van der Waals surface area (Å²) in [5.74, 6) is -1.46. The number of halogens is 2. The van der Waals surface area contributed by atoms with E-state index >= 15 is 0 Å². The molecule has 0 spiro atoms. The maximum atomic E-state index is 13.3. The third kappa shape index (κ3) is 2.23. The second-order valence-corrected chi connectivity index (χ2v) is 4.56. The summed E-state index contributed by atoms with van der Waals surface area (Å²) in [7, 11) is 0. The minimum atomic E-state index is -0.809. The SMILES string of the molecule is Cc1ccc(-c2cc(F)c(F)cc2C(C)C)[nH]1. The number of aromatic nitrogens is 1. The molecule has 0 aliphatic rings. The van der Waals surface area contributed by atoms with Crippen LogP contribution in [0.5, 0.6) is 0 Å². The van der Waals surface area contributed by atoms with Crippen LogP contribution in [0.1, 0.15) is 31.0 Å². The Bertz CT molecular complexity index is 541. The number of hydrogen-bond acceptors (Lipinski definition) is 0. The van der Waals surface area contributed by atoms with E-state index in [0.717, 1.165) is 22.5 Å². The Morgan fingerprint density at radius 3 is 2.24 bits per heavy atom.